The number of carbonyl (C=O) groups excluding carboxylic acids is 4. The molecule has 0 aromatic carbocycles. The van der Waals surface area contributed by atoms with E-state index in [0.717, 1.165) is 0 Å². The first-order valence-electron chi connectivity index (χ1n) is 10.5. The van der Waals surface area contributed by atoms with E-state index in [4.69, 9.17) is 17.2 Å². The fourth-order valence-corrected chi connectivity index (χ4v) is 3.45. The van der Waals surface area contributed by atoms with Crippen LogP contribution in [0.1, 0.15) is 38.5 Å². The van der Waals surface area contributed by atoms with Gasteiger partial charge < -0.3 is 38.3 Å². The number of amides is 4. The van der Waals surface area contributed by atoms with Crippen LogP contribution in [-0.2, 0) is 24.0 Å². The zero-order valence-electron chi connectivity index (χ0n) is 18.7. The summed E-state index contributed by atoms with van der Waals surface area (Å²) < 4.78 is 0. The van der Waals surface area contributed by atoms with Crippen LogP contribution in [0.3, 0.4) is 0 Å². The summed E-state index contributed by atoms with van der Waals surface area (Å²) in [6.07, 6.45) is 3.36. The van der Waals surface area contributed by atoms with Crippen molar-refractivity contribution in [3.8, 4) is 0 Å². The molecular weight excluding hydrogens is 472 g/mol. The van der Waals surface area contributed by atoms with E-state index in [2.05, 4.69) is 28.6 Å². The minimum atomic E-state index is -1.36. The lowest BCUT2D eigenvalue weighted by Crippen LogP contribution is -2.57. The van der Waals surface area contributed by atoms with Gasteiger partial charge in [0.2, 0.25) is 23.6 Å². The highest BCUT2D eigenvalue weighted by atomic mass is 32.2. The molecule has 12 nitrogen and oxygen atoms in total. The first kappa shape index (κ1) is 31.0. The molecule has 0 rings (SSSR count). The van der Waals surface area contributed by atoms with Crippen LogP contribution >= 0.6 is 24.4 Å². The molecule has 0 saturated carbocycles. The molecule has 0 fully saturated rings. The van der Waals surface area contributed by atoms with E-state index in [-0.39, 0.29) is 25.0 Å². The Balaban J connectivity index is 5.20. The first-order chi connectivity index (χ1) is 15.6. The third kappa shape index (κ3) is 13.3. The number of hydrogen-bond acceptors (Lipinski definition) is 9. The monoisotopic (exact) mass is 508 g/mol. The largest absolute Gasteiger partial charge is 0.480 e. The highest BCUT2D eigenvalue weighted by Crippen LogP contribution is 2.05. The van der Waals surface area contributed by atoms with Gasteiger partial charge in [-0.2, -0.15) is 24.4 Å². The van der Waals surface area contributed by atoms with E-state index >= 15 is 0 Å². The van der Waals surface area contributed by atoms with Crippen LogP contribution in [0.5, 0.6) is 0 Å². The number of unbranched alkanes of at least 4 members (excludes halogenated alkanes) is 1. The van der Waals surface area contributed by atoms with Gasteiger partial charge in [-0.25, -0.2) is 4.79 Å². The molecule has 4 atom stereocenters. The van der Waals surface area contributed by atoms with E-state index < -0.39 is 53.8 Å². The molecule has 0 aliphatic heterocycles. The molecule has 190 valence electrons. The van der Waals surface area contributed by atoms with Gasteiger partial charge in [-0.1, -0.05) is 0 Å². The number of carbonyl (C=O) groups is 5. The second-order valence-corrected chi connectivity index (χ2v) is 8.73. The predicted octanol–water partition coefficient (Wildman–Crippen LogP) is -2.07. The van der Waals surface area contributed by atoms with Crippen molar-refractivity contribution in [2.45, 2.75) is 62.7 Å². The second kappa shape index (κ2) is 17.4. The van der Waals surface area contributed by atoms with Crippen molar-refractivity contribution >= 4 is 54.0 Å². The molecule has 0 bridgehead atoms. The Morgan fingerprint density at radius 3 is 2.00 bits per heavy atom. The average Bonchev–Trinajstić information content (AvgIpc) is 2.76. The molecule has 0 saturated heterocycles. The number of nitrogens with one attached hydrogen (secondary N) is 3. The highest BCUT2D eigenvalue weighted by molar-refractivity contribution is 7.98. The molecule has 33 heavy (non-hydrogen) atoms. The second-order valence-electron chi connectivity index (χ2n) is 7.38. The molecule has 4 amide bonds. The number of thiol groups is 1. The summed E-state index contributed by atoms with van der Waals surface area (Å²) in [4.78, 5) is 60.0. The Bertz CT molecular complexity index is 669. The van der Waals surface area contributed by atoms with Gasteiger partial charge in [-0.3, -0.25) is 19.2 Å². The smallest absolute Gasteiger partial charge is 0.326 e. The summed E-state index contributed by atoms with van der Waals surface area (Å²) in [5.41, 5.74) is 16.4. The molecule has 10 N–H and O–H groups in total. The number of carboxylic acids is 1. The van der Waals surface area contributed by atoms with Crippen molar-refractivity contribution in [1.29, 1.82) is 0 Å². The van der Waals surface area contributed by atoms with Crippen molar-refractivity contribution in [1.82, 2.24) is 16.0 Å². The van der Waals surface area contributed by atoms with Crippen molar-refractivity contribution in [2.24, 2.45) is 17.2 Å². The Hall–Kier alpha value is -2.03. The van der Waals surface area contributed by atoms with Crippen molar-refractivity contribution in [3.63, 3.8) is 0 Å². The lowest BCUT2D eigenvalue weighted by Gasteiger charge is -2.24. The molecule has 0 aliphatic carbocycles. The summed E-state index contributed by atoms with van der Waals surface area (Å²) in [5.74, 6) is -3.41. The molecule has 4 unspecified atom stereocenters. The van der Waals surface area contributed by atoms with Gasteiger partial charge in [0.1, 0.15) is 18.1 Å². The lowest BCUT2D eigenvalue weighted by molar-refractivity contribution is -0.142. The van der Waals surface area contributed by atoms with Crippen LogP contribution in [0.4, 0.5) is 0 Å². The van der Waals surface area contributed by atoms with Crippen LogP contribution in [0.2, 0.25) is 0 Å². The summed E-state index contributed by atoms with van der Waals surface area (Å²) in [5, 5.41) is 16.6. The van der Waals surface area contributed by atoms with Gasteiger partial charge in [0, 0.05) is 12.2 Å². The Morgan fingerprint density at radius 2 is 1.48 bits per heavy atom. The summed E-state index contributed by atoms with van der Waals surface area (Å²) in [7, 11) is 0. The number of nitrogens with two attached hydrogens (primary N) is 3. The fourth-order valence-electron chi connectivity index (χ4n) is 2.70. The zero-order chi connectivity index (χ0) is 25.4. The van der Waals surface area contributed by atoms with Crippen LogP contribution in [0.25, 0.3) is 0 Å². The molecule has 0 aromatic heterocycles. The first-order valence-corrected chi connectivity index (χ1v) is 12.6. The zero-order valence-corrected chi connectivity index (χ0v) is 20.5. The molecule has 14 heteroatoms. The van der Waals surface area contributed by atoms with E-state index in [1.165, 1.54) is 0 Å². The van der Waals surface area contributed by atoms with E-state index in [0.29, 0.717) is 31.6 Å². The number of carboxylic acid groups (broad SMARTS) is 1. The van der Waals surface area contributed by atoms with E-state index in [9.17, 15) is 29.1 Å². The fraction of sp³-hybridized carbons (Fsp3) is 0.737. The number of thioether (sulfide) groups is 1. The molecule has 0 aromatic rings. The van der Waals surface area contributed by atoms with Crippen LogP contribution in [-0.4, -0.2) is 83.2 Å². The molecule has 0 radical (unpaired) electrons. The molecule has 0 aliphatic rings. The minimum Gasteiger partial charge on any atom is -0.480 e. The SMILES string of the molecule is CSCCC(N)C(=O)NC(CCCCN)C(=O)NC(CS)C(=O)NC(CCC(N)=O)C(=O)O. The molecular formula is C19H36N6O6S2. The minimum absolute atomic E-state index is 0.129. The number of hydrogen-bond donors (Lipinski definition) is 8. The van der Waals surface area contributed by atoms with Crippen LogP contribution in [0, 0.1) is 0 Å². The Kier molecular flexibility index (Phi) is 16.4. The van der Waals surface area contributed by atoms with E-state index in [1.54, 1.807) is 11.8 Å². The number of primary amides is 1. The topological polar surface area (TPSA) is 220 Å². The Labute approximate surface area is 203 Å². The van der Waals surface area contributed by atoms with Crippen LogP contribution < -0.4 is 33.2 Å². The van der Waals surface area contributed by atoms with Gasteiger partial charge in [0.05, 0.1) is 6.04 Å². The van der Waals surface area contributed by atoms with Crippen molar-refractivity contribution in [3.05, 3.63) is 0 Å². The summed E-state index contributed by atoms with van der Waals surface area (Å²) in [6, 6.07) is -4.27. The average molecular weight is 509 g/mol. The number of aliphatic carboxylic acids is 1. The molecule has 0 spiro atoms. The maximum Gasteiger partial charge on any atom is 0.326 e. The summed E-state index contributed by atoms with van der Waals surface area (Å²) >= 11 is 5.60. The summed E-state index contributed by atoms with van der Waals surface area (Å²) in [6.45, 7) is 0.416. The number of rotatable bonds is 18. The van der Waals surface area contributed by atoms with Crippen molar-refractivity contribution in [2.75, 3.05) is 24.3 Å². The van der Waals surface area contributed by atoms with Crippen molar-refractivity contribution < 1.29 is 29.1 Å². The Morgan fingerprint density at radius 1 is 0.909 bits per heavy atom. The maximum atomic E-state index is 12.8. The van der Waals surface area contributed by atoms with Gasteiger partial charge in [-0.15, -0.1) is 0 Å². The third-order valence-electron chi connectivity index (χ3n) is 4.66. The van der Waals surface area contributed by atoms with E-state index in [1.807, 2.05) is 6.26 Å². The maximum absolute atomic E-state index is 12.8. The van der Waals surface area contributed by atoms with Crippen LogP contribution in [0.15, 0.2) is 0 Å². The third-order valence-corrected chi connectivity index (χ3v) is 5.67. The normalized spacial score (nSPS) is 14.4. The van der Waals surface area contributed by atoms with Gasteiger partial charge in [0.25, 0.3) is 0 Å². The highest BCUT2D eigenvalue weighted by Gasteiger charge is 2.29. The lowest BCUT2D eigenvalue weighted by atomic mass is 10.1. The van der Waals surface area contributed by atoms with Gasteiger partial charge in [-0.05, 0) is 50.7 Å². The molecule has 0 heterocycles. The van der Waals surface area contributed by atoms with Gasteiger partial charge >= 0.3 is 5.97 Å². The quantitative estimate of drug-likeness (QED) is 0.0751. The standard InChI is InChI=1S/C19H36N6O6S2/c1-33-9-7-11(21)16(27)23-12(4-2-3-8-20)17(28)25-14(10-32)18(29)24-13(19(30)31)5-6-15(22)26/h11-14,32H,2-10,20-21H2,1H3,(H2,22,26)(H,23,27)(H,24,29)(H,25,28)(H,30,31). The predicted molar refractivity (Wildman–Crippen MR) is 130 cm³/mol. The van der Waals surface area contributed by atoms with Gasteiger partial charge in [0.15, 0.2) is 0 Å².